The number of carbonyl (C=O) groups is 1. The van der Waals surface area contributed by atoms with Gasteiger partial charge in [0.1, 0.15) is 0 Å². The highest BCUT2D eigenvalue weighted by Gasteiger charge is 2.27. The molecule has 0 aliphatic carbocycles. The van der Waals surface area contributed by atoms with Crippen molar-refractivity contribution >= 4 is 5.97 Å². The van der Waals surface area contributed by atoms with Crippen molar-refractivity contribution in [1.82, 2.24) is 0 Å². The summed E-state index contributed by atoms with van der Waals surface area (Å²) < 4.78 is 0. The maximum absolute atomic E-state index is 10.4. The Morgan fingerprint density at radius 2 is 0.966 bits per heavy atom. The Kier molecular flexibility index (Phi) is 19.7. The summed E-state index contributed by atoms with van der Waals surface area (Å²) in [6.07, 6.45) is 22.9. The molecule has 0 heterocycles. The molecule has 0 unspecified atom stereocenters. The molecule has 0 bridgehead atoms. The van der Waals surface area contributed by atoms with Crippen LogP contribution in [0.1, 0.15) is 109 Å². The lowest BCUT2D eigenvalue weighted by Crippen LogP contribution is -2.33. The Hall–Kier alpha value is -0.910. The zero-order chi connectivity index (χ0) is 21.6. The molecule has 0 aliphatic heterocycles. The first-order valence-corrected chi connectivity index (χ1v) is 11.8. The molecule has 0 fully saturated rings. The number of aliphatic hydroxyl groups is 3. The fraction of sp³-hybridized carbons (Fsp3) is 0.875. The van der Waals surface area contributed by atoms with E-state index in [2.05, 4.69) is 12.2 Å². The van der Waals surface area contributed by atoms with E-state index in [1.165, 1.54) is 57.8 Å². The van der Waals surface area contributed by atoms with Crippen LogP contribution in [0, 0.1) is 5.41 Å². The minimum atomic E-state index is -0.699. The van der Waals surface area contributed by atoms with Crippen molar-refractivity contribution in [2.75, 3.05) is 19.8 Å². The van der Waals surface area contributed by atoms with E-state index in [9.17, 15) is 20.1 Å². The monoisotopic (exact) mass is 414 g/mol. The second-order valence-corrected chi connectivity index (χ2v) is 8.51. The Bertz CT molecular complexity index is 382. The third-order valence-corrected chi connectivity index (χ3v) is 5.76. The lowest BCUT2D eigenvalue weighted by Gasteiger charge is -2.27. The van der Waals surface area contributed by atoms with Gasteiger partial charge in [0, 0.05) is 11.8 Å². The fourth-order valence-corrected chi connectivity index (χ4v) is 3.51. The van der Waals surface area contributed by atoms with Gasteiger partial charge in [-0.2, -0.15) is 0 Å². The van der Waals surface area contributed by atoms with E-state index in [0.717, 1.165) is 38.5 Å². The van der Waals surface area contributed by atoms with Gasteiger partial charge in [-0.1, -0.05) is 76.4 Å². The van der Waals surface area contributed by atoms with E-state index in [1.54, 1.807) is 0 Å². The molecule has 0 radical (unpaired) electrons. The smallest absolute Gasteiger partial charge is 0.303 e. The van der Waals surface area contributed by atoms with Gasteiger partial charge in [-0.3, -0.25) is 4.79 Å². The largest absolute Gasteiger partial charge is 0.481 e. The van der Waals surface area contributed by atoms with Crippen LogP contribution in [-0.2, 0) is 4.79 Å². The molecule has 0 atom stereocenters. The molecule has 0 aliphatic rings. The summed E-state index contributed by atoms with van der Waals surface area (Å²) in [6, 6.07) is 0. The summed E-state index contributed by atoms with van der Waals surface area (Å²) in [4.78, 5) is 10.4. The molecular weight excluding hydrogens is 368 g/mol. The van der Waals surface area contributed by atoms with Crippen LogP contribution in [0.4, 0.5) is 0 Å². The molecule has 0 amide bonds. The number of unbranched alkanes of at least 4 members (excludes halogenated alkanes) is 13. The Balaban J connectivity index is 3.29. The summed E-state index contributed by atoms with van der Waals surface area (Å²) in [6.45, 7) is -0.449. The standard InChI is InChI=1S/C24H46O5/c25-20-24(21-26,22-27)19-17-15-13-11-9-7-5-3-1-2-4-6-8-10-12-14-16-18-23(28)29/h2,4,25-27H,1,3,5-22H2,(H,28,29). The number of aliphatic carboxylic acids is 1. The van der Waals surface area contributed by atoms with Crippen LogP contribution < -0.4 is 0 Å². The average Bonchev–Trinajstić information content (AvgIpc) is 2.73. The lowest BCUT2D eigenvalue weighted by molar-refractivity contribution is -0.137. The van der Waals surface area contributed by atoms with E-state index in [1.807, 2.05) is 0 Å². The van der Waals surface area contributed by atoms with Gasteiger partial charge >= 0.3 is 5.97 Å². The van der Waals surface area contributed by atoms with Gasteiger partial charge in [-0.05, 0) is 38.5 Å². The van der Waals surface area contributed by atoms with Crippen LogP contribution in [0.3, 0.4) is 0 Å². The Labute approximate surface area is 178 Å². The number of allylic oxidation sites excluding steroid dienone is 2. The summed E-state index contributed by atoms with van der Waals surface area (Å²) in [7, 11) is 0. The number of carboxylic acids is 1. The third-order valence-electron chi connectivity index (χ3n) is 5.76. The van der Waals surface area contributed by atoms with Crippen LogP contribution in [-0.4, -0.2) is 46.2 Å². The van der Waals surface area contributed by atoms with Crippen molar-refractivity contribution in [3.8, 4) is 0 Å². The first kappa shape index (κ1) is 28.1. The zero-order valence-corrected chi connectivity index (χ0v) is 18.5. The molecule has 0 spiro atoms. The highest BCUT2D eigenvalue weighted by Crippen LogP contribution is 2.24. The summed E-state index contributed by atoms with van der Waals surface area (Å²) in [5, 5.41) is 36.4. The van der Waals surface area contributed by atoms with Gasteiger partial charge in [-0.25, -0.2) is 0 Å². The van der Waals surface area contributed by atoms with Crippen molar-refractivity contribution in [2.45, 2.75) is 109 Å². The zero-order valence-electron chi connectivity index (χ0n) is 18.5. The summed E-state index contributed by atoms with van der Waals surface area (Å²) >= 11 is 0. The first-order chi connectivity index (χ1) is 14.1. The molecule has 0 saturated carbocycles. The predicted molar refractivity (Wildman–Crippen MR) is 119 cm³/mol. The molecule has 0 rings (SSSR count). The van der Waals surface area contributed by atoms with Crippen LogP contribution in [0.5, 0.6) is 0 Å². The van der Waals surface area contributed by atoms with Crippen LogP contribution >= 0.6 is 0 Å². The van der Waals surface area contributed by atoms with Crippen molar-refractivity contribution in [1.29, 1.82) is 0 Å². The number of rotatable bonds is 22. The minimum absolute atomic E-state index is 0.150. The normalized spacial score (nSPS) is 12.1. The number of carboxylic acid groups (broad SMARTS) is 1. The lowest BCUT2D eigenvalue weighted by atomic mass is 9.85. The van der Waals surface area contributed by atoms with Gasteiger partial charge in [0.25, 0.3) is 0 Å². The summed E-state index contributed by atoms with van der Waals surface area (Å²) in [5.41, 5.74) is -0.699. The van der Waals surface area contributed by atoms with Gasteiger partial charge < -0.3 is 20.4 Å². The van der Waals surface area contributed by atoms with E-state index >= 15 is 0 Å². The summed E-state index contributed by atoms with van der Waals surface area (Å²) in [5.74, 6) is -0.684. The number of hydrogen-bond donors (Lipinski definition) is 4. The molecule has 172 valence electrons. The average molecular weight is 415 g/mol. The van der Waals surface area contributed by atoms with Crippen LogP contribution in [0.25, 0.3) is 0 Å². The first-order valence-electron chi connectivity index (χ1n) is 11.8. The van der Waals surface area contributed by atoms with Gasteiger partial charge in [0.15, 0.2) is 0 Å². The highest BCUT2D eigenvalue weighted by molar-refractivity contribution is 5.66. The molecule has 0 aromatic carbocycles. The number of hydrogen-bond acceptors (Lipinski definition) is 4. The maximum Gasteiger partial charge on any atom is 0.303 e. The highest BCUT2D eigenvalue weighted by atomic mass is 16.4. The molecule has 5 heteroatoms. The van der Waals surface area contributed by atoms with E-state index in [0.29, 0.717) is 12.8 Å². The van der Waals surface area contributed by atoms with Gasteiger partial charge in [0.2, 0.25) is 0 Å². The quantitative estimate of drug-likeness (QED) is 0.144. The van der Waals surface area contributed by atoms with Gasteiger partial charge in [0.05, 0.1) is 19.8 Å². The molecule has 4 N–H and O–H groups in total. The molecule has 0 saturated heterocycles. The van der Waals surface area contributed by atoms with Gasteiger partial charge in [-0.15, -0.1) is 0 Å². The maximum atomic E-state index is 10.4. The van der Waals surface area contributed by atoms with Crippen molar-refractivity contribution in [3.63, 3.8) is 0 Å². The topological polar surface area (TPSA) is 98.0 Å². The molecule has 29 heavy (non-hydrogen) atoms. The molecule has 0 aromatic rings. The Morgan fingerprint density at radius 3 is 1.38 bits per heavy atom. The minimum Gasteiger partial charge on any atom is -0.481 e. The second kappa shape index (κ2) is 20.4. The molecular formula is C24H46O5. The second-order valence-electron chi connectivity index (χ2n) is 8.51. The van der Waals surface area contributed by atoms with E-state index in [-0.39, 0.29) is 19.8 Å². The van der Waals surface area contributed by atoms with E-state index in [4.69, 9.17) is 5.11 Å². The molecule has 5 nitrogen and oxygen atoms in total. The fourth-order valence-electron chi connectivity index (χ4n) is 3.51. The third kappa shape index (κ3) is 17.6. The van der Waals surface area contributed by atoms with Crippen LogP contribution in [0.2, 0.25) is 0 Å². The number of aliphatic hydroxyl groups excluding tert-OH is 3. The molecule has 0 aromatic heterocycles. The SMILES string of the molecule is O=C(O)CCCCCCCC=CCCCCCCCCCCC(CO)(CO)CO. The van der Waals surface area contributed by atoms with Crippen molar-refractivity contribution in [2.24, 2.45) is 5.41 Å². The van der Waals surface area contributed by atoms with Crippen molar-refractivity contribution < 1.29 is 25.2 Å². The van der Waals surface area contributed by atoms with E-state index < -0.39 is 11.4 Å². The predicted octanol–water partition coefficient (Wildman–Crippen LogP) is 5.22. The van der Waals surface area contributed by atoms with Crippen molar-refractivity contribution in [3.05, 3.63) is 12.2 Å². The Morgan fingerprint density at radius 1 is 0.586 bits per heavy atom. The van der Waals surface area contributed by atoms with Crippen LogP contribution in [0.15, 0.2) is 12.2 Å².